The summed E-state index contributed by atoms with van der Waals surface area (Å²) in [6.45, 7) is 7.53. The summed E-state index contributed by atoms with van der Waals surface area (Å²) in [4.78, 5) is 28.1. The molecule has 0 spiro atoms. The van der Waals surface area contributed by atoms with Crippen molar-refractivity contribution in [1.29, 1.82) is 0 Å². The van der Waals surface area contributed by atoms with Crippen molar-refractivity contribution >= 4 is 16.9 Å². The van der Waals surface area contributed by atoms with Crippen molar-refractivity contribution in [3.63, 3.8) is 0 Å². The molecule has 8 nitrogen and oxygen atoms in total. The smallest absolute Gasteiger partial charge is 0.323 e. The number of carbonyl (C=O) groups is 1. The molecule has 0 saturated heterocycles. The minimum Gasteiger partial charge on any atom is -0.486 e. The fourth-order valence-electron chi connectivity index (χ4n) is 4.80. The first-order chi connectivity index (χ1) is 16.9. The molecular formula is C27H29NO7. The number of nitrogens with zero attached hydrogens (tertiary/aromatic N) is 1. The van der Waals surface area contributed by atoms with E-state index in [0.717, 1.165) is 5.56 Å². The second kappa shape index (κ2) is 9.26. The van der Waals surface area contributed by atoms with Crippen molar-refractivity contribution in [2.45, 2.75) is 39.8 Å². The Hall–Kier alpha value is -3.52. The third kappa shape index (κ3) is 4.23. The van der Waals surface area contributed by atoms with Gasteiger partial charge in [0, 0.05) is 6.54 Å². The van der Waals surface area contributed by atoms with Gasteiger partial charge in [0.05, 0.1) is 23.6 Å². The van der Waals surface area contributed by atoms with Crippen LogP contribution in [0.4, 0.5) is 0 Å². The third-order valence-electron chi connectivity index (χ3n) is 6.48. The molecule has 2 aliphatic heterocycles. The number of carbonyl (C=O) groups excluding carboxylic acids is 1. The SMILES string of the molecule is COC(=O)[C@@H](CC(C)C)N1COc2ccc3c(=O)c(-c4ccc5c(c4)OCCO5)c(C)oc3c2C1. The van der Waals surface area contributed by atoms with Crippen LogP contribution in [0.1, 0.15) is 31.6 Å². The van der Waals surface area contributed by atoms with E-state index >= 15 is 0 Å². The first kappa shape index (κ1) is 23.2. The van der Waals surface area contributed by atoms with Crippen LogP contribution in [0.25, 0.3) is 22.1 Å². The fraction of sp³-hybridized carbons (Fsp3) is 0.407. The molecule has 8 heteroatoms. The van der Waals surface area contributed by atoms with Gasteiger partial charge in [-0.1, -0.05) is 19.9 Å². The average molecular weight is 480 g/mol. The van der Waals surface area contributed by atoms with E-state index in [1.807, 2.05) is 23.1 Å². The molecule has 2 aliphatic rings. The Morgan fingerprint density at radius 1 is 1.06 bits per heavy atom. The summed E-state index contributed by atoms with van der Waals surface area (Å²) in [5.74, 6) is 2.41. The number of ether oxygens (including phenoxy) is 4. The zero-order valence-electron chi connectivity index (χ0n) is 20.4. The second-order valence-corrected chi connectivity index (χ2v) is 9.33. The van der Waals surface area contributed by atoms with Crippen LogP contribution in [0.2, 0.25) is 0 Å². The Labute approximate surface area is 203 Å². The summed E-state index contributed by atoms with van der Waals surface area (Å²) in [5.41, 5.74) is 2.28. The van der Waals surface area contributed by atoms with Crippen molar-refractivity contribution in [3.8, 4) is 28.4 Å². The second-order valence-electron chi connectivity index (χ2n) is 9.33. The number of aryl methyl sites for hydroxylation is 1. The van der Waals surface area contributed by atoms with Gasteiger partial charge in [-0.2, -0.15) is 0 Å². The summed E-state index contributed by atoms with van der Waals surface area (Å²) in [6, 6.07) is 8.55. The molecule has 0 fully saturated rings. The maximum atomic E-state index is 13.7. The van der Waals surface area contributed by atoms with E-state index in [1.54, 1.807) is 19.1 Å². The summed E-state index contributed by atoms with van der Waals surface area (Å²) < 4.78 is 28.6. The van der Waals surface area contributed by atoms with Crippen LogP contribution in [0, 0.1) is 12.8 Å². The van der Waals surface area contributed by atoms with Crippen molar-refractivity contribution < 1.29 is 28.2 Å². The fourth-order valence-corrected chi connectivity index (χ4v) is 4.80. The lowest BCUT2D eigenvalue weighted by atomic mass is 9.98. The summed E-state index contributed by atoms with van der Waals surface area (Å²) in [7, 11) is 1.39. The van der Waals surface area contributed by atoms with Crippen LogP contribution in [-0.4, -0.2) is 44.0 Å². The number of rotatable bonds is 5. The van der Waals surface area contributed by atoms with Crippen molar-refractivity contribution in [3.05, 3.63) is 51.9 Å². The minimum atomic E-state index is -0.451. The lowest BCUT2D eigenvalue weighted by molar-refractivity contribution is -0.150. The van der Waals surface area contributed by atoms with Gasteiger partial charge >= 0.3 is 5.97 Å². The molecule has 3 heterocycles. The first-order valence-electron chi connectivity index (χ1n) is 11.8. The summed E-state index contributed by atoms with van der Waals surface area (Å²) in [5, 5.41) is 0.461. The third-order valence-corrected chi connectivity index (χ3v) is 6.48. The Kier molecular flexibility index (Phi) is 6.15. The van der Waals surface area contributed by atoms with Crippen LogP contribution < -0.4 is 19.6 Å². The standard InChI is InChI=1S/C27H29NO7/c1-15(2)11-20(27(30)31-4)28-13-19-21(34-14-28)8-6-18-25(29)24(16(3)35-26(18)19)17-5-7-22-23(12-17)33-10-9-32-22/h5-8,12,15,20H,9-11,13-14H2,1-4H3/t20-/m1/s1. The van der Waals surface area contributed by atoms with Crippen LogP contribution in [0.15, 0.2) is 39.5 Å². The van der Waals surface area contributed by atoms with E-state index in [2.05, 4.69) is 13.8 Å². The van der Waals surface area contributed by atoms with Gasteiger partial charge in [-0.3, -0.25) is 14.5 Å². The first-order valence-corrected chi connectivity index (χ1v) is 11.8. The molecule has 1 atom stereocenters. The van der Waals surface area contributed by atoms with Gasteiger partial charge in [0.1, 0.15) is 43.1 Å². The van der Waals surface area contributed by atoms with Gasteiger partial charge in [-0.15, -0.1) is 0 Å². The number of hydrogen-bond acceptors (Lipinski definition) is 8. The molecule has 0 unspecified atom stereocenters. The maximum absolute atomic E-state index is 13.7. The summed E-state index contributed by atoms with van der Waals surface area (Å²) in [6.07, 6.45) is 0.632. The molecule has 0 bridgehead atoms. The number of benzene rings is 2. The molecule has 3 aromatic rings. The van der Waals surface area contributed by atoms with Gasteiger partial charge in [-0.05, 0) is 49.1 Å². The van der Waals surface area contributed by atoms with E-state index in [0.29, 0.717) is 77.2 Å². The van der Waals surface area contributed by atoms with Gasteiger partial charge in [0.15, 0.2) is 11.5 Å². The predicted molar refractivity (Wildman–Crippen MR) is 130 cm³/mol. The molecular weight excluding hydrogens is 450 g/mol. The van der Waals surface area contributed by atoms with Crippen molar-refractivity contribution in [2.75, 3.05) is 27.1 Å². The van der Waals surface area contributed by atoms with E-state index in [1.165, 1.54) is 7.11 Å². The molecule has 35 heavy (non-hydrogen) atoms. The highest BCUT2D eigenvalue weighted by Crippen LogP contribution is 2.37. The number of hydrogen-bond donors (Lipinski definition) is 0. The monoisotopic (exact) mass is 479 g/mol. The largest absolute Gasteiger partial charge is 0.486 e. The lowest BCUT2D eigenvalue weighted by Gasteiger charge is -2.34. The van der Waals surface area contributed by atoms with Crippen molar-refractivity contribution in [2.24, 2.45) is 5.92 Å². The highest BCUT2D eigenvalue weighted by molar-refractivity contribution is 5.87. The molecule has 1 aromatic heterocycles. The van der Waals surface area contributed by atoms with E-state index in [-0.39, 0.29) is 18.1 Å². The molecule has 0 amide bonds. The van der Waals surface area contributed by atoms with E-state index in [4.69, 9.17) is 23.4 Å². The van der Waals surface area contributed by atoms with Crippen LogP contribution in [0.3, 0.4) is 0 Å². The topological polar surface area (TPSA) is 87.4 Å². The minimum absolute atomic E-state index is 0.132. The van der Waals surface area contributed by atoms with Crippen LogP contribution in [-0.2, 0) is 16.1 Å². The number of esters is 1. The Bertz CT molecular complexity index is 1340. The maximum Gasteiger partial charge on any atom is 0.323 e. The Morgan fingerprint density at radius 3 is 2.54 bits per heavy atom. The highest BCUT2D eigenvalue weighted by atomic mass is 16.6. The molecule has 0 N–H and O–H groups in total. The van der Waals surface area contributed by atoms with Crippen LogP contribution >= 0.6 is 0 Å². The highest BCUT2D eigenvalue weighted by Gasteiger charge is 2.33. The molecule has 5 rings (SSSR count). The molecule has 2 aromatic carbocycles. The zero-order valence-corrected chi connectivity index (χ0v) is 20.4. The van der Waals surface area contributed by atoms with Gasteiger partial charge in [0.2, 0.25) is 5.43 Å². The average Bonchev–Trinajstić information content (AvgIpc) is 2.86. The van der Waals surface area contributed by atoms with Crippen molar-refractivity contribution in [1.82, 2.24) is 4.90 Å². The summed E-state index contributed by atoms with van der Waals surface area (Å²) >= 11 is 0. The van der Waals surface area contributed by atoms with E-state index < -0.39 is 6.04 Å². The van der Waals surface area contributed by atoms with Gasteiger partial charge in [-0.25, -0.2) is 0 Å². The number of methoxy groups -OCH3 is 1. The molecule has 0 aliphatic carbocycles. The molecule has 0 radical (unpaired) electrons. The molecule has 0 saturated carbocycles. The normalized spacial score (nSPS) is 16.0. The Balaban J connectivity index is 1.57. The quantitative estimate of drug-likeness (QED) is 0.501. The Morgan fingerprint density at radius 2 is 1.80 bits per heavy atom. The predicted octanol–water partition coefficient (Wildman–Crippen LogP) is 4.28. The number of fused-ring (bicyclic) bond motifs is 4. The van der Waals surface area contributed by atoms with Gasteiger partial charge in [0.25, 0.3) is 0 Å². The van der Waals surface area contributed by atoms with Crippen LogP contribution in [0.5, 0.6) is 17.2 Å². The molecule has 184 valence electrons. The zero-order chi connectivity index (χ0) is 24.7. The lowest BCUT2D eigenvalue weighted by Crippen LogP contribution is -2.46. The van der Waals surface area contributed by atoms with E-state index in [9.17, 15) is 9.59 Å². The van der Waals surface area contributed by atoms with Gasteiger partial charge < -0.3 is 23.4 Å².